The fraction of sp³-hybridized carbons (Fsp3) is 0.312. The van der Waals surface area contributed by atoms with E-state index in [0.717, 1.165) is 5.56 Å². The third-order valence-electron chi connectivity index (χ3n) is 3.88. The number of hydrogen-bond acceptors (Lipinski definition) is 4. The molecule has 1 aliphatic heterocycles. The second kappa shape index (κ2) is 7.23. The molecule has 2 aromatic rings. The summed E-state index contributed by atoms with van der Waals surface area (Å²) in [5, 5.41) is 4.02. The van der Waals surface area contributed by atoms with Crippen molar-refractivity contribution >= 4 is 40.9 Å². The Balaban J connectivity index is 1.56. The number of nitrogens with zero attached hydrogens (tertiary/aromatic N) is 4. The van der Waals surface area contributed by atoms with Crippen LogP contribution in [0.25, 0.3) is 0 Å². The highest BCUT2D eigenvalue weighted by atomic mass is 35.5. The van der Waals surface area contributed by atoms with Crippen LogP contribution in [-0.4, -0.2) is 47.1 Å². The first kappa shape index (κ1) is 16.8. The minimum absolute atomic E-state index is 0.133. The van der Waals surface area contributed by atoms with E-state index in [9.17, 15) is 4.79 Å². The van der Waals surface area contributed by atoms with Crippen LogP contribution in [0.15, 0.2) is 30.6 Å². The Morgan fingerprint density at radius 3 is 2.42 bits per heavy atom. The predicted octanol–water partition coefficient (Wildman–Crippen LogP) is 3.45. The third-order valence-corrected chi connectivity index (χ3v) is 4.48. The highest BCUT2D eigenvalue weighted by Gasteiger charge is 2.22. The number of halogens is 2. The van der Waals surface area contributed by atoms with E-state index in [2.05, 4.69) is 15.3 Å². The number of aryl methyl sites for hydroxylation is 1. The zero-order valence-electron chi connectivity index (χ0n) is 13.2. The van der Waals surface area contributed by atoms with E-state index in [1.165, 1.54) is 0 Å². The first-order valence-electron chi connectivity index (χ1n) is 7.57. The van der Waals surface area contributed by atoms with Crippen molar-refractivity contribution in [3.05, 3.63) is 46.2 Å². The largest absolute Gasteiger partial charge is 0.337 e. The minimum Gasteiger partial charge on any atom is -0.337 e. The van der Waals surface area contributed by atoms with Crippen LogP contribution in [0, 0.1) is 6.92 Å². The Labute approximate surface area is 150 Å². The summed E-state index contributed by atoms with van der Waals surface area (Å²) in [4.78, 5) is 24.6. The summed E-state index contributed by atoms with van der Waals surface area (Å²) in [6, 6.07) is 5.35. The van der Waals surface area contributed by atoms with Crippen molar-refractivity contribution in [3.63, 3.8) is 0 Å². The second-order valence-corrected chi connectivity index (χ2v) is 6.41. The molecule has 8 heteroatoms. The van der Waals surface area contributed by atoms with Gasteiger partial charge >= 0.3 is 6.03 Å². The molecule has 0 bridgehead atoms. The number of anilines is 2. The highest BCUT2D eigenvalue weighted by Crippen LogP contribution is 2.20. The maximum absolute atomic E-state index is 12.4. The molecule has 2 heterocycles. The zero-order chi connectivity index (χ0) is 17.1. The molecule has 0 aliphatic carbocycles. The molecule has 0 spiro atoms. The summed E-state index contributed by atoms with van der Waals surface area (Å²) in [5.74, 6) is 0.629. The molecule has 0 radical (unpaired) electrons. The number of hydrogen-bond donors (Lipinski definition) is 1. The van der Waals surface area contributed by atoms with Crippen LogP contribution < -0.4 is 10.2 Å². The number of urea groups is 1. The van der Waals surface area contributed by atoms with Crippen molar-refractivity contribution in [2.24, 2.45) is 0 Å². The predicted molar refractivity (Wildman–Crippen MR) is 96.0 cm³/mol. The van der Waals surface area contributed by atoms with Crippen molar-refractivity contribution in [1.29, 1.82) is 0 Å². The Bertz CT molecular complexity index is 730. The molecule has 6 nitrogen and oxygen atoms in total. The summed E-state index contributed by atoms with van der Waals surface area (Å²) in [7, 11) is 0. The van der Waals surface area contributed by atoms with Crippen molar-refractivity contribution in [1.82, 2.24) is 14.9 Å². The van der Waals surface area contributed by atoms with Gasteiger partial charge in [0.2, 0.25) is 5.95 Å². The van der Waals surface area contributed by atoms with Crippen molar-refractivity contribution in [3.8, 4) is 0 Å². The fourth-order valence-corrected chi connectivity index (χ4v) is 2.73. The van der Waals surface area contributed by atoms with Gasteiger partial charge in [0.05, 0.1) is 17.4 Å². The molecule has 0 unspecified atom stereocenters. The lowest BCUT2D eigenvalue weighted by Crippen LogP contribution is -2.50. The van der Waals surface area contributed by atoms with Crippen LogP contribution in [-0.2, 0) is 0 Å². The van der Waals surface area contributed by atoms with E-state index >= 15 is 0 Å². The van der Waals surface area contributed by atoms with Gasteiger partial charge in [-0.2, -0.15) is 0 Å². The normalized spacial score (nSPS) is 14.6. The van der Waals surface area contributed by atoms with E-state index in [0.29, 0.717) is 47.9 Å². The lowest BCUT2D eigenvalue weighted by Gasteiger charge is -2.34. The molecule has 126 valence electrons. The number of benzene rings is 1. The average Bonchev–Trinajstić information content (AvgIpc) is 2.59. The van der Waals surface area contributed by atoms with E-state index < -0.39 is 0 Å². The maximum atomic E-state index is 12.4. The standard InChI is InChI=1S/C16H17Cl2N5O/c1-11-2-3-13(8-14(11)18)21-16(24)23-6-4-22(5-7-23)15-19-9-12(17)10-20-15/h2-3,8-10H,4-7H2,1H3,(H,21,24). The number of nitrogens with one attached hydrogen (secondary N) is 1. The lowest BCUT2D eigenvalue weighted by atomic mass is 10.2. The fourth-order valence-electron chi connectivity index (χ4n) is 2.45. The smallest absolute Gasteiger partial charge is 0.321 e. The first-order chi connectivity index (χ1) is 11.5. The molecule has 1 fully saturated rings. The van der Waals surface area contributed by atoms with Gasteiger partial charge in [-0.15, -0.1) is 0 Å². The van der Waals surface area contributed by atoms with Crippen LogP contribution in [0.2, 0.25) is 10.0 Å². The van der Waals surface area contributed by atoms with Gasteiger partial charge in [0.15, 0.2) is 0 Å². The van der Waals surface area contributed by atoms with E-state index in [1.807, 2.05) is 24.0 Å². The van der Waals surface area contributed by atoms with E-state index in [4.69, 9.17) is 23.2 Å². The molecule has 1 aromatic heterocycles. The van der Waals surface area contributed by atoms with Gasteiger partial charge < -0.3 is 15.1 Å². The second-order valence-electron chi connectivity index (χ2n) is 5.57. The van der Waals surface area contributed by atoms with Crippen LogP contribution in [0.4, 0.5) is 16.4 Å². The van der Waals surface area contributed by atoms with Gasteiger partial charge in [0, 0.05) is 36.9 Å². The van der Waals surface area contributed by atoms with Crippen LogP contribution in [0.5, 0.6) is 0 Å². The Kier molecular flexibility index (Phi) is 5.06. The molecule has 3 rings (SSSR count). The van der Waals surface area contributed by atoms with Crippen molar-refractivity contribution < 1.29 is 4.79 Å². The Hall–Kier alpha value is -2.05. The molecule has 0 atom stereocenters. The monoisotopic (exact) mass is 365 g/mol. The minimum atomic E-state index is -0.133. The summed E-state index contributed by atoms with van der Waals surface area (Å²) >= 11 is 11.9. The molecule has 2 amide bonds. The van der Waals surface area contributed by atoms with Crippen molar-refractivity contribution in [2.45, 2.75) is 6.92 Å². The van der Waals surface area contributed by atoms with E-state index in [-0.39, 0.29) is 6.03 Å². The molecule has 0 saturated carbocycles. The third kappa shape index (κ3) is 3.88. The van der Waals surface area contributed by atoms with Crippen LogP contribution in [0.3, 0.4) is 0 Å². The average molecular weight is 366 g/mol. The first-order valence-corrected chi connectivity index (χ1v) is 8.33. The SMILES string of the molecule is Cc1ccc(NC(=O)N2CCN(c3ncc(Cl)cn3)CC2)cc1Cl. The number of amides is 2. The van der Waals surface area contributed by atoms with Gasteiger partial charge in [-0.3, -0.25) is 0 Å². The summed E-state index contributed by atoms with van der Waals surface area (Å²) < 4.78 is 0. The molecule has 1 aromatic carbocycles. The molecular formula is C16H17Cl2N5O. The molecule has 1 saturated heterocycles. The molecule has 24 heavy (non-hydrogen) atoms. The maximum Gasteiger partial charge on any atom is 0.321 e. The lowest BCUT2D eigenvalue weighted by molar-refractivity contribution is 0.208. The molecular weight excluding hydrogens is 349 g/mol. The van der Waals surface area contributed by atoms with Crippen LogP contribution >= 0.6 is 23.2 Å². The van der Waals surface area contributed by atoms with Gasteiger partial charge in [0.1, 0.15) is 0 Å². The number of rotatable bonds is 2. The topological polar surface area (TPSA) is 61.4 Å². The van der Waals surface area contributed by atoms with Gasteiger partial charge in [-0.25, -0.2) is 14.8 Å². The van der Waals surface area contributed by atoms with Gasteiger partial charge in [-0.05, 0) is 24.6 Å². The Morgan fingerprint density at radius 2 is 1.79 bits per heavy atom. The molecule has 1 N–H and O–H groups in total. The summed E-state index contributed by atoms with van der Waals surface area (Å²) in [6.45, 7) is 4.45. The highest BCUT2D eigenvalue weighted by molar-refractivity contribution is 6.31. The van der Waals surface area contributed by atoms with E-state index in [1.54, 1.807) is 23.4 Å². The number of piperazine rings is 1. The number of aromatic nitrogens is 2. The number of carbonyl (C=O) groups excluding carboxylic acids is 1. The quantitative estimate of drug-likeness (QED) is 0.885. The summed E-state index contributed by atoms with van der Waals surface area (Å²) in [6.07, 6.45) is 3.15. The number of carbonyl (C=O) groups is 1. The van der Waals surface area contributed by atoms with Gasteiger partial charge in [0.25, 0.3) is 0 Å². The van der Waals surface area contributed by atoms with Crippen molar-refractivity contribution in [2.75, 3.05) is 36.4 Å². The van der Waals surface area contributed by atoms with Crippen LogP contribution in [0.1, 0.15) is 5.56 Å². The Morgan fingerprint density at radius 1 is 1.12 bits per heavy atom. The zero-order valence-corrected chi connectivity index (χ0v) is 14.7. The molecule has 1 aliphatic rings. The summed E-state index contributed by atoms with van der Waals surface area (Å²) in [5.41, 5.74) is 1.67. The van der Waals surface area contributed by atoms with Gasteiger partial charge in [-0.1, -0.05) is 29.3 Å².